The van der Waals surface area contributed by atoms with E-state index in [-0.39, 0.29) is 12.8 Å². The summed E-state index contributed by atoms with van der Waals surface area (Å²) in [6.07, 6.45) is 0.193. The zero-order valence-electron chi connectivity index (χ0n) is 9.68. The summed E-state index contributed by atoms with van der Waals surface area (Å²) < 4.78 is 5.41. The number of halogens is 1. The predicted octanol–water partition coefficient (Wildman–Crippen LogP) is 2.72. The lowest BCUT2D eigenvalue weighted by Gasteiger charge is -2.01. The van der Waals surface area contributed by atoms with Crippen LogP contribution in [0.15, 0.2) is 22.6 Å². The molecule has 0 bridgehead atoms. The predicted molar refractivity (Wildman–Crippen MR) is 65.4 cm³/mol. The molecule has 0 amide bonds. The van der Waals surface area contributed by atoms with Gasteiger partial charge < -0.3 is 9.52 Å². The quantitative estimate of drug-likeness (QED) is 0.921. The molecule has 94 valence electrons. The van der Waals surface area contributed by atoms with Crippen LogP contribution in [0.2, 0.25) is 5.02 Å². The molecule has 2 aromatic rings. The van der Waals surface area contributed by atoms with Crippen LogP contribution < -0.4 is 0 Å². The number of carbonyl (C=O) groups is 1. The van der Waals surface area contributed by atoms with Gasteiger partial charge in [0.25, 0.3) is 0 Å². The Morgan fingerprint density at radius 2 is 2.22 bits per heavy atom. The van der Waals surface area contributed by atoms with Gasteiger partial charge in [-0.1, -0.05) is 17.7 Å². The highest BCUT2D eigenvalue weighted by Crippen LogP contribution is 2.27. The number of nitrogens with zero attached hydrogens (tertiary/aromatic N) is 2. The highest BCUT2D eigenvalue weighted by atomic mass is 35.5. The highest BCUT2D eigenvalue weighted by Gasteiger charge is 2.13. The summed E-state index contributed by atoms with van der Waals surface area (Å²) >= 11 is 6.01. The fraction of sp³-hybridized carbons (Fsp3) is 0.250. The molecule has 1 heterocycles. The van der Waals surface area contributed by atoms with E-state index >= 15 is 0 Å². The minimum atomic E-state index is -0.895. The summed E-state index contributed by atoms with van der Waals surface area (Å²) in [7, 11) is 0. The van der Waals surface area contributed by atoms with Crippen LogP contribution in [0.25, 0.3) is 11.5 Å². The molecule has 0 aliphatic rings. The van der Waals surface area contributed by atoms with Crippen molar-refractivity contribution in [2.75, 3.05) is 0 Å². The number of carboxylic acid groups (broad SMARTS) is 1. The van der Waals surface area contributed by atoms with Gasteiger partial charge >= 0.3 is 5.97 Å². The molecule has 2 rings (SSSR count). The third-order valence-electron chi connectivity index (χ3n) is 2.52. The van der Waals surface area contributed by atoms with Gasteiger partial charge in [-0.3, -0.25) is 4.79 Å². The molecular weight excluding hydrogens is 256 g/mol. The van der Waals surface area contributed by atoms with Crippen LogP contribution in [0.5, 0.6) is 0 Å². The molecule has 0 aliphatic heterocycles. The van der Waals surface area contributed by atoms with E-state index in [2.05, 4.69) is 10.2 Å². The molecule has 0 aliphatic carbocycles. The first-order valence-electron chi connectivity index (χ1n) is 5.37. The highest BCUT2D eigenvalue weighted by molar-refractivity contribution is 6.31. The largest absolute Gasteiger partial charge is 0.481 e. The van der Waals surface area contributed by atoms with Gasteiger partial charge in [0, 0.05) is 17.0 Å². The second-order valence-corrected chi connectivity index (χ2v) is 4.21. The second-order valence-electron chi connectivity index (χ2n) is 3.81. The zero-order valence-corrected chi connectivity index (χ0v) is 10.4. The third-order valence-corrected chi connectivity index (χ3v) is 2.93. The molecule has 0 fully saturated rings. The van der Waals surface area contributed by atoms with Gasteiger partial charge in [-0.15, -0.1) is 10.2 Å². The molecular formula is C12H11ClN2O3. The Hall–Kier alpha value is -1.88. The van der Waals surface area contributed by atoms with E-state index in [4.69, 9.17) is 21.1 Å². The topological polar surface area (TPSA) is 76.2 Å². The lowest BCUT2D eigenvalue weighted by molar-refractivity contribution is -0.137. The summed E-state index contributed by atoms with van der Waals surface area (Å²) in [4.78, 5) is 10.4. The number of aliphatic carboxylic acids is 1. The summed E-state index contributed by atoms with van der Waals surface area (Å²) in [5.74, 6) is -0.226. The molecule has 1 N–H and O–H groups in total. The van der Waals surface area contributed by atoms with Gasteiger partial charge in [-0.05, 0) is 24.6 Å². The lowest BCUT2D eigenvalue weighted by Crippen LogP contribution is -1.97. The van der Waals surface area contributed by atoms with Crippen LogP contribution in [0.3, 0.4) is 0 Å². The first-order valence-corrected chi connectivity index (χ1v) is 5.75. The van der Waals surface area contributed by atoms with Crippen molar-refractivity contribution in [2.45, 2.75) is 19.8 Å². The molecule has 1 aromatic carbocycles. The van der Waals surface area contributed by atoms with E-state index in [0.29, 0.717) is 16.8 Å². The average molecular weight is 267 g/mol. The summed E-state index contributed by atoms with van der Waals surface area (Å²) in [5.41, 5.74) is 1.61. The monoisotopic (exact) mass is 266 g/mol. The second kappa shape index (κ2) is 5.18. The number of aromatic nitrogens is 2. The van der Waals surface area contributed by atoms with Crippen LogP contribution in [0.1, 0.15) is 17.9 Å². The number of benzene rings is 1. The molecule has 0 spiro atoms. The summed E-state index contributed by atoms with van der Waals surface area (Å²) in [5, 5.41) is 16.9. The Morgan fingerprint density at radius 3 is 2.94 bits per heavy atom. The number of carboxylic acids is 1. The molecule has 0 saturated carbocycles. The fourth-order valence-corrected chi connectivity index (χ4v) is 1.69. The summed E-state index contributed by atoms with van der Waals surface area (Å²) in [6.45, 7) is 1.86. The van der Waals surface area contributed by atoms with E-state index in [1.54, 1.807) is 12.1 Å². The van der Waals surface area contributed by atoms with Crippen molar-refractivity contribution in [1.82, 2.24) is 10.2 Å². The molecule has 0 unspecified atom stereocenters. The Balaban J connectivity index is 2.24. The van der Waals surface area contributed by atoms with Gasteiger partial charge in [0.15, 0.2) is 0 Å². The Kier molecular flexibility index (Phi) is 3.62. The average Bonchev–Trinajstić information content (AvgIpc) is 2.78. The van der Waals surface area contributed by atoms with E-state index in [1.165, 1.54) is 0 Å². The van der Waals surface area contributed by atoms with E-state index < -0.39 is 5.97 Å². The van der Waals surface area contributed by atoms with E-state index in [1.807, 2.05) is 13.0 Å². The fourth-order valence-electron chi connectivity index (χ4n) is 1.52. The first-order chi connectivity index (χ1) is 8.58. The molecule has 0 radical (unpaired) electrons. The molecule has 0 atom stereocenters. The summed E-state index contributed by atoms with van der Waals surface area (Å²) in [6, 6.07) is 5.41. The number of hydrogen-bond donors (Lipinski definition) is 1. The lowest BCUT2D eigenvalue weighted by atomic mass is 10.1. The third kappa shape index (κ3) is 2.68. The smallest absolute Gasteiger partial charge is 0.303 e. The maximum absolute atomic E-state index is 10.4. The normalized spacial score (nSPS) is 10.6. The maximum Gasteiger partial charge on any atom is 0.303 e. The SMILES string of the molecule is Cc1c(Cl)cccc1-c1nnc(CCC(=O)O)o1. The van der Waals surface area contributed by atoms with Gasteiger partial charge in [-0.2, -0.15) is 0 Å². The molecule has 18 heavy (non-hydrogen) atoms. The van der Waals surface area contributed by atoms with Gasteiger partial charge in [-0.25, -0.2) is 0 Å². The standard InChI is InChI=1S/C12H11ClN2O3/c1-7-8(3-2-4-9(7)13)12-15-14-10(18-12)5-6-11(16)17/h2-4H,5-6H2,1H3,(H,16,17). The molecule has 6 heteroatoms. The molecule has 5 nitrogen and oxygen atoms in total. The van der Waals surface area contributed by atoms with E-state index in [0.717, 1.165) is 11.1 Å². The maximum atomic E-state index is 10.4. The Morgan fingerprint density at radius 1 is 1.44 bits per heavy atom. The Bertz CT molecular complexity index is 580. The van der Waals surface area contributed by atoms with Crippen molar-refractivity contribution >= 4 is 17.6 Å². The number of aryl methyl sites for hydroxylation is 1. The minimum absolute atomic E-state index is 0.0316. The van der Waals surface area contributed by atoms with Crippen LogP contribution in [-0.4, -0.2) is 21.3 Å². The first kappa shape index (κ1) is 12.6. The van der Waals surface area contributed by atoms with E-state index in [9.17, 15) is 4.79 Å². The van der Waals surface area contributed by atoms with Crippen molar-refractivity contribution in [3.05, 3.63) is 34.7 Å². The van der Waals surface area contributed by atoms with Gasteiger partial charge in [0.05, 0.1) is 6.42 Å². The van der Waals surface area contributed by atoms with Crippen molar-refractivity contribution in [2.24, 2.45) is 0 Å². The number of hydrogen-bond acceptors (Lipinski definition) is 4. The van der Waals surface area contributed by atoms with Crippen molar-refractivity contribution in [3.8, 4) is 11.5 Å². The van der Waals surface area contributed by atoms with Crippen molar-refractivity contribution < 1.29 is 14.3 Å². The van der Waals surface area contributed by atoms with Gasteiger partial charge in [0.2, 0.25) is 11.8 Å². The van der Waals surface area contributed by atoms with Crippen molar-refractivity contribution in [3.63, 3.8) is 0 Å². The van der Waals surface area contributed by atoms with Gasteiger partial charge in [0.1, 0.15) is 0 Å². The van der Waals surface area contributed by atoms with Crippen molar-refractivity contribution in [1.29, 1.82) is 0 Å². The van der Waals surface area contributed by atoms with Crippen LogP contribution in [-0.2, 0) is 11.2 Å². The number of rotatable bonds is 4. The van der Waals surface area contributed by atoms with Crippen LogP contribution >= 0.6 is 11.6 Å². The zero-order chi connectivity index (χ0) is 13.1. The minimum Gasteiger partial charge on any atom is -0.481 e. The Labute approximate surface area is 108 Å². The molecule has 0 saturated heterocycles. The van der Waals surface area contributed by atoms with Crippen LogP contribution in [0, 0.1) is 6.92 Å². The van der Waals surface area contributed by atoms with Crippen LogP contribution in [0.4, 0.5) is 0 Å². The molecule has 1 aromatic heterocycles.